The van der Waals surface area contributed by atoms with Crippen LogP contribution in [0.4, 0.5) is 34.5 Å². The maximum atomic E-state index is 7.16. The summed E-state index contributed by atoms with van der Waals surface area (Å²) in [6.07, 6.45) is 1.60. The van der Waals surface area contributed by atoms with Gasteiger partial charge in [-0.25, -0.2) is 0 Å². The summed E-state index contributed by atoms with van der Waals surface area (Å²) in [7, 11) is 0. The van der Waals surface area contributed by atoms with Crippen molar-refractivity contribution in [3.63, 3.8) is 0 Å². The van der Waals surface area contributed by atoms with E-state index >= 15 is 0 Å². The van der Waals surface area contributed by atoms with Gasteiger partial charge >= 0.3 is 0 Å². The fourth-order valence-corrected chi connectivity index (χ4v) is 10.0. The SMILES string of the molecule is Cc1cc2c3c(c1)N(c1cc4c(cc1-c1ccccc1)OCCCO4)c1oc4ccccc4c1B3c1c(oc3ccccc13)N2c1cc2c(cc1-c1ccccc1)OCCCO2. The summed E-state index contributed by atoms with van der Waals surface area (Å²) >= 11 is 0. The van der Waals surface area contributed by atoms with Crippen LogP contribution in [0, 0.1) is 6.92 Å². The quantitative estimate of drug-likeness (QED) is 0.163. The Bertz CT molecular complexity index is 3040. The molecule has 7 aromatic carbocycles. The third-order valence-corrected chi connectivity index (χ3v) is 12.6. The summed E-state index contributed by atoms with van der Waals surface area (Å²) in [4.78, 5) is 4.65. The maximum absolute atomic E-state index is 7.16. The highest BCUT2D eigenvalue weighted by molar-refractivity contribution is 7.02. The van der Waals surface area contributed by atoms with Gasteiger partial charge in [0.15, 0.2) is 23.0 Å². The van der Waals surface area contributed by atoms with Crippen LogP contribution in [0.5, 0.6) is 23.0 Å². The number of rotatable bonds is 4. The lowest BCUT2D eigenvalue weighted by Crippen LogP contribution is -2.60. The van der Waals surface area contributed by atoms with Crippen LogP contribution in [0.3, 0.4) is 0 Å². The molecule has 300 valence electrons. The van der Waals surface area contributed by atoms with Gasteiger partial charge in [0, 0.05) is 69.2 Å². The number of furan rings is 2. The Balaban J connectivity index is 1.16. The summed E-state index contributed by atoms with van der Waals surface area (Å²) in [6.45, 7) is 4.24. The Morgan fingerprint density at radius 2 is 0.823 bits per heavy atom. The maximum Gasteiger partial charge on any atom is 0.262 e. The monoisotopic (exact) mass is 810 g/mol. The Morgan fingerprint density at radius 3 is 1.27 bits per heavy atom. The van der Waals surface area contributed by atoms with Crippen molar-refractivity contribution in [3.8, 4) is 45.3 Å². The average molecular weight is 811 g/mol. The van der Waals surface area contributed by atoms with Crippen LogP contribution in [0.25, 0.3) is 44.2 Å². The zero-order valence-corrected chi connectivity index (χ0v) is 34.0. The van der Waals surface area contributed by atoms with Crippen LogP contribution >= 0.6 is 0 Å². The molecular weight excluding hydrogens is 771 g/mol. The number of para-hydroxylation sites is 2. The number of ether oxygens (including phenoxy) is 4. The van der Waals surface area contributed by atoms with Gasteiger partial charge in [-0.2, -0.15) is 0 Å². The van der Waals surface area contributed by atoms with E-state index in [0.29, 0.717) is 37.9 Å². The topological polar surface area (TPSA) is 69.7 Å². The van der Waals surface area contributed by atoms with Crippen molar-refractivity contribution in [2.45, 2.75) is 19.8 Å². The zero-order valence-electron chi connectivity index (χ0n) is 34.0. The summed E-state index contributed by atoms with van der Waals surface area (Å²) in [5.74, 6) is 4.42. The van der Waals surface area contributed by atoms with Gasteiger partial charge in [0.05, 0.1) is 37.8 Å². The smallest absolute Gasteiger partial charge is 0.262 e. The number of hydrogen-bond acceptors (Lipinski definition) is 8. The average Bonchev–Trinajstić information content (AvgIpc) is 3.67. The number of hydrogen-bond donors (Lipinski definition) is 0. The minimum atomic E-state index is -0.244. The van der Waals surface area contributed by atoms with Crippen molar-refractivity contribution < 1.29 is 27.8 Å². The molecule has 9 aromatic rings. The zero-order chi connectivity index (χ0) is 40.9. The van der Waals surface area contributed by atoms with Crippen molar-refractivity contribution in [1.82, 2.24) is 0 Å². The normalized spacial score (nSPS) is 14.9. The Hall–Kier alpha value is -7.52. The molecule has 0 spiro atoms. The molecule has 0 bridgehead atoms. The summed E-state index contributed by atoms with van der Waals surface area (Å²) < 4.78 is 39.9. The van der Waals surface area contributed by atoms with Crippen LogP contribution in [0.1, 0.15) is 18.4 Å². The Kier molecular flexibility index (Phi) is 7.82. The van der Waals surface area contributed by atoms with E-state index < -0.39 is 0 Å². The first-order chi connectivity index (χ1) is 30.7. The van der Waals surface area contributed by atoms with Crippen LogP contribution in [0.2, 0.25) is 0 Å². The fraction of sp³-hybridized carbons (Fsp3) is 0.132. The molecule has 4 aliphatic heterocycles. The lowest BCUT2D eigenvalue weighted by molar-refractivity contribution is 0.296. The molecule has 8 nitrogen and oxygen atoms in total. The molecule has 0 atom stereocenters. The molecule has 0 radical (unpaired) electrons. The number of anilines is 6. The lowest BCUT2D eigenvalue weighted by atomic mass is 9.33. The standard InChI is InChI=1S/C53H39BN2O6/c1-32-26-41-51-42(27-32)56(40-31-48-46(58-23-13-25-60-48)29-38(40)34-16-6-3-7-17-34)53-50(36-19-9-11-21-44(36)62-53)54(51)49-35-18-8-10-20-43(35)61-52(49)55(41)39-30-47-45(57-22-12-24-59-47)28-37(39)33-14-4-2-5-15-33/h2-11,14-21,26-31H,12-13,22-25H2,1H3. The van der Waals surface area contributed by atoms with Gasteiger partial charge in [-0.05, 0) is 65.5 Å². The molecular formula is C53H39BN2O6. The lowest BCUT2D eigenvalue weighted by Gasteiger charge is -2.41. The number of aryl methyl sites for hydroxylation is 1. The van der Waals surface area contributed by atoms with Gasteiger partial charge in [-0.1, -0.05) is 97.1 Å². The highest BCUT2D eigenvalue weighted by atomic mass is 16.5. The molecule has 13 rings (SSSR count). The van der Waals surface area contributed by atoms with E-state index in [2.05, 4.69) is 150 Å². The molecule has 9 heteroatoms. The van der Waals surface area contributed by atoms with Crippen LogP contribution in [-0.2, 0) is 0 Å². The molecule has 0 saturated heterocycles. The van der Waals surface area contributed by atoms with Crippen LogP contribution in [0.15, 0.2) is 154 Å². The third-order valence-electron chi connectivity index (χ3n) is 12.6. The summed E-state index contributed by atoms with van der Waals surface area (Å²) in [5, 5.41) is 2.10. The molecule has 0 aliphatic carbocycles. The van der Waals surface area contributed by atoms with E-state index in [1.807, 2.05) is 12.1 Å². The second kappa shape index (κ2) is 13.8. The summed E-state index contributed by atoms with van der Waals surface area (Å²) in [6, 6.07) is 51.0. The van der Waals surface area contributed by atoms with Gasteiger partial charge in [0.1, 0.15) is 11.2 Å². The number of benzene rings is 7. The molecule has 0 saturated carbocycles. The second-order valence-corrected chi connectivity index (χ2v) is 16.4. The predicted molar refractivity (Wildman–Crippen MR) is 247 cm³/mol. The Morgan fingerprint density at radius 1 is 0.419 bits per heavy atom. The highest BCUT2D eigenvalue weighted by Crippen LogP contribution is 2.53. The largest absolute Gasteiger partial charge is 0.490 e. The molecule has 0 fully saturated rings. The minimum absolute atomic E-state index is 0.244. The molecule has 62 heavy (non-hydrogen) atoms. The summed E-state index contributed by atoms with van der Waals surface area (Å²) in [5.41, 5.74) is 14.0. The van der Waals surface area contributed by atoms with E-state index in [9.17, 15) is 0 Å². The molecule has 6 heterocycles. The van der Waals surface area contributed by atoms with Gasteiger partial charge in [-0.3, -0.25) is 9.80 Å². The molecule has 2 aromatic heterocycles. The first-order valence-electron chi connectivity index (χ1n) is 21.4. The van der Waals surface area contributed by atoms with Crippen molar-refractivity contribution in [2.75, 3.05) is 36.2 Å². The van der Waals surface area contributed by atoms with E-state index in [0.717, 1.165) is 125 Å². The van der Waals surface area contributed by atoms with E-state index in [4.69, 9.17) is 27.8 Å². The van der Waals surface area contributed by atoms with Gasteiger partial charge in [0.2, 0.25) is 11.8 Å². The molecule has 0 amide bonds. The second-order valence-electron chi connectivity index (χ2n) is 16.4. The van der Waals surface area contributed by atoms with Crippen molar-refractivity contribution >= 4 is 79.6 Å². The van der Waals surface area contributed by atoms with Crippen LogP contribution < -0.4 is 45.1 Å². The van der Waals surface area contributed by atoms with E-state index in [-0.39, 0.29) is 6.71 Å². The first-order valence-corrected chi connectivity index (χ1v) is 21.4. The van der Waals surface area contributed by atoms with Gasteiger partial charge < -0.3 is 27.8 Å². The van der Waals surface area contributed by atoms with Crippen molar-refractivity contribution in [3.05, 3.63) is 151 Å². The number of fused-ring (bicyclic) bond motifs is 10. The molecule has 0 unspecified atom stereocenters. The van der Waals surface area contributed by atoms with Crippen molar-refractivity contribution in [1.29, 1.82) is 0 Å². The van der Waals surface area contributed by atoms with Gasteiger partial charge in [0.25, 0.3) is 6.71 Å². The first kappa shape index (κ1) is 35.3. The van der Waals surface area contributed by atoms with E-state index in [1.54, 1.807) is 0 Å². The van der Waals surface area contributed by atoms with Crippen LogP contribution in [-0.4, -0.2) is 33.1 Å². The fourth-order valence-electron chi connectivity index (χ4n) is 10.0. The predicted octanol–water partition coefficient (Wildman–Crippen LogP) is 11.2. The van der Waals surface area contributed by atoms with E-state index in [1.165, 1.54) is 0 Å². The van der Waals surface area contributed by atoms with Crippen molar-refractivity contribution in [2.24, 2.45) is 0 Å². The highest BCUT2D eigenvalue weighted by Gasteiger charge is 2.49. The Labute approximate surface area is 358 Å². The van der Waals surface area contributed by atoms with Gasteiger partial charge in [-0.15, -0.1) is 0 Å². The number of nitrogens with zero attached hydrogens (tertiary/aromatic N) is 2. The third kappa shape index (κ3) is 5.27. The molecule has 4 aliphatic rings. The minimum Gasteiger partial charge on any atom is -0.490 e. The molecule has 0 N–H and O–H groups in total.